The third kappa shape index (κ3) is 4.17. The molecule has 2 amide bonds. The summed E-state index contributed by atoms with van der Waals surface area (Å²) in [5, 5.41) is 5.63. The van der Waals surface area contributed by atoms with E-state index in [1.54, 1.807) is 24.6 Å². The van der Waals surface area contributed by atoms with Crippen molar-refractivity contribution >= 4 is 11.7 Å². The summed E-state index contributed by atoms with van der Waals surface area (Å²) < 4.78 is 10.9. The quantitative estimate of drug-likeness (QED) is 0.711. The largest absolute Gasteiger partial charge is 0.492 e. The number of hydrogen-bond acceptors (Lipinski definition) is 4. The number of hydrogen-bond donors (Lipinski definition) is 2. The minimum absolute atomic E-state index is 0.318. The Bertz CT molecular complexity index is 831. The van der Waals surface area contributed by atoms with Crippen LogP contribution in [0.4, 0.5) is 10.5 Å². The fraction of sp³-hybridized carbons (Fsp3) is 0.158. The van der Waals surface area contributed by atoms with Crippen LogP contribution in [0.1, 0.15) is 12.5 Å². The van der Waals surface area contributed by atoms with Gasteiger partial charge >= 0.3 is 6.03 Å². The highest BCUT2D eigenvalue weighted by molar-refractivity contribution is 5.90. The number of rotatable bonds is 6. The monoisotopic (exact) mass is 337 g/mol. The number of nitrogens with zero attached hydrogens (tertiary/aromatic N) is 1. The number of nitrogens with one attached hydrogen (secondary N) is 2. The maximum absolute atomic E-state index is 12.2. The van der Waals surface area contributed by atoms with Crippen LogP contribution in [0.25, 0.3) is 11.5 Å². The van der Waals surface area contributed by atoms with Crippen molar-refractivity contribution in [3.8, 4) is 17.2 Å². The topological polar surface area (TPSA) is 76.4 Å². The summed E-state index contributed by atoms with van der Waals surface area (Å²) in [6.45, 7) is 2.75. The summed E-state index contributed by atoms with van der Waals surface area (Å²) in [5.41, 5.74) is 2.20. The van der Waals surface area contributed by atoms with Crippen LogP contribution in [0, 0.1) is 0 Å². The van der Waals surface area contributed by atoms with E-state index >= 15 is 0 Å². The van der Waals surface area contributed by atoms with Crippen molar-refractivity contribution in [2.24, 2.45) is 0 Å². The lowest BCUT2D eigenvalue weighted by Gasteiger charge is -2.12. The maximum atomic E-state index is 12.2. The molecule has 3 aromatic rings. The van der Waals surface area contributed by atoms with Crippen molar-refractivity contribution in [3.63, 3.8) is 0 Å². The Morgan fingerprint density at radius 2 is 2.04 bits per heavy atom. The van der Waals surface area contributed by atoms with Crippen LogP contribution < -0.4 is 15.4 Å². The number of anilines is 1. The number of carbonyl (C=O) groups is 1. The lowest BCUT2D eigenvalue weighted by molar-refractivity contribution is 0.251. The van der Waals surface area contributed by atoms with Crippen LogP contribution in [-0.4, -0.2) is 17.6 Å². The van der Waals surface area contributed by atoms with Crippen molar-refractivity contribution in [2.75, 3.05) is 11.9 Å². The molecule has 1 aromatic carbocycles. The SMILES string of the molecule is CCOc1ccccc1NC(=O)NCc1cccnc1-c1ccco1. The van der Waals surface area contributed by atoms with Gasteiger partial charge in [0.25, 0.3) is 0 Å². The van der Waals surface area contributed by atoms with E-state index in [2.05, 4.69) is 15.6 Å². The molecule has 0 aliphatic rings. The van der Waals surface area contributed by atoms with Crippen LogP contribution in [-0.2, 0) is 6.54 Å². The van der Waals surface area contributed by atoms with Crippen LogP contribution in [0.5, 0.6) is 5.75 Å². The molecule has 0 spiro atoms. The van der Waals surface area contributed by atoms with E-state index in [0.29, 0.717) is 36.0 Å². The fourth-order valence-electron chi connectivity index (χ4n) is 2.41. The van der Waals surface area contributed by atoms with E-state index in [0.717, 1.165) is 5.56 Å². The second-order valence-corrected chi connectivity index (χ2v) is 5.23. The van der Waals surface area contributed by atoms with Gasteiger partial charge in [-0.25, -0.2) is 4.79 Å². The van der Waals surface area contributed by atoms with Gasteiger partial charge in [-0.1, -0.05) is 18.2 Å². The summed E-state index contributed by atoms with van der Waals surface area (Å²) in [6.07, 6.45) is 3.29. The van der Waals surface area contributed by atoms with E-state index in [4.69, 9.17) is 9.15 Å². The second kappa shape index (κ2) is 8.01. The zero-order valence-corrected chi connectivity index (χ0v) is 13.9. The molecule has 2 N–H and O–H groups in total. The molecule has 0 aliphatic carbocycles. The predicted octanol–water partition coefficient (Wildman–Crippen LogP) is 4.06. The summed E-state index contributed by atoms with van der Waals surface area (Å²) in [6, 6.07) is 14.4. The molecule has 0 saturated carbocycles. The summed E-state index contributed by atoms with van der Waals surface area (Å²) in [4.78, 5) is 16.6. The van der Waals surface area contributed by atoms with Gasteiger partial charge in [0.2, 0.25) is 0 Å². The van der Waals surface area contributed by atoms with E-state index in [1.807, 2.05) is 43.3 Å². The molecule has 6 nitrogen and oxygen atoms in total. The standard InChI is InChI=1S/C19H19N3O3/c1-2-24-16-9-4-3-8-15(16)22-19(23)21-13-14-7-5-11-20-18(14)17-10-6-12-25-17/h3-12H,2,13H2,1H3,(H2,21,22,23). The molecular formula is C19H19N3O3. The first-order valence-electron chi connectivity index (χ1n) is 8.02. The van der Waals surface area contributed by atoms with Gasteiger partial charge < -0.3 is 19.8 Å². The third-order valence-corrected chi connectivity index (χ3v) is 3.52. The normalized spacial score (nSPS) is 10.3. The van der Waals surface area contributed by atoms with E-state index in [-0.39, 0.29) is 6.03 Å². The average Bonchev–Trinajstić information content (AvgIpc) is 3.17. The maximum Gasteiger partial charge on any atom is 0.319 e. The Morgan fingerprint density at radius 3 is 2.84 bits per heavy atom. The lowest BCUT2D eigenvalue weighted by Crippen LogP contribution is -2.28. The van der Waals surface area contributed by atoms with Crippen molar-refractivity contribution in [3.05, 3.63) is 66.6 Å². The van der Waals surface area contributed by atoms with Gasteiger partial charge in [-0.05, 0) is 37.3 Å². The van der Waals surface area contributed by atoms with E-state index in [9.17, 15) is 4.79 Å². The lowest BCUT2D eigenvalue weighted by atomic mass is 10.1. The molecule has 0 aliphatic heterocycles. The first-order chi connectivity index (χ1) is 12.3. The Morgan fingerprint density at radius 1 is 1.16 bits per heavy atom. The molecule has 2 aromatic heterocycles. The number of pyridine rings is 1. The van der Waals surface area contributed by atoms with Gasteiger partial charge in [0.15, 0.2) is 5.76 Å². The average molecular weight is 337 g/mol. The smallest absolute Gasteiger partial charge is 0.319 e. The Kier molecular flexibility index (Phi) is 5.31. The third-order valence-electron chi connectivity index (χ3n) is 3.52. The van der Waals surface area contributed by atoms with Crippen molar-refractivity contribution in [1.82, 2.24) is 10.3 Å². The molecular weight excluding hydrogens is 318 g/mol. The number of furan rings is 1. The Hall–Kier alpha value is -3.28. The van der Waals surface area contributed by atoms with Crippen LogP contribution in [0.3, 0.4) is 0 Å². The number of carbonyl (C=O) groups excluding carboxylic acids is 1. The molecule has 0 atom stereocenters. The number of urea groups is 1. The number of para-hydroxylation sites is 2. The molecule has 0 saturated heterocycles. The highest BCUT2D eigenvalue weighted by Gasteiger charge is 2.11. The molecule has 0 unspecified atom stereocenters. The summed E-state index contributed by atoms with van der Waals surface area (Å²) >= 11 is 0. The minimum Gasteiger partial charge on any atom is -0.492 e. The number of amides is 2. The van der Waals surface area contributed by atoms with Crippen LogP contribution in [0.2, 0.25) is 0 Å². The summed E-state index contributed by atoms with van der Waals surface area (Å²) in [7, 11) is 0. The Labute approximate surface area is 145 Å². The molecule has 128 valence electrons. The van der Waals surface area contributed by atoms with Gasteiger partial charge in [-0.2, -0.15) is 0 Å². The van der Waals surface area contributed by atoms with Crippen molar-refractivity contribution in [2.45, 2.75) is 13.5 Å². The zero-order valence-electron chi connectivity index (χ0n) is 13.9. The van der Waals surface area contributed by atoms with Gasteiger partial charge in [-0.15, -0.1) is 0 Å². The predicted molar refractivity (Wildman–Crippen MR) is 95.4 cm³/mol. The number of aromatic nitrogens is 1. The van der Waals surface area contributed by atoms with E-state index < -0.39 is 0 Å². The van der Waals surface area contributed by atoms with Crippen molar-refractivity contribution in [1.29, 1.82) is 0 Å². The molecule has 3 rings (SSSR count). The Balaban J connectivity index is 1.66. The molecule has 0 fully saturated rings. The summed E-state index contributed by atoms with van der Waals surface area (Å²) in [5.74, 6) is 1.30. The first-order valence-corrected chi connectivity index (χ1v) is 8.02. The number of ether oxygens (including phenoxy) is 1. The highest BCUT2D eigenvalue weighted by atomic mass is 16.5. The molecule has 25 heavy (non-hydrogen) atoms. The molecule has 0 bridgehead atoms. The molecule has 0 radical (unpaired) electrons. The second-order valence-electron chi connectivity index (χ2n) is 5.23. The minimum atomic E-state index is -0.318. The highest BCUT2D eigenvalue weighted by Crippen LogP contribution is 2.24. The molecule has 6 heteroatoms. The van der Waals surface area contributed by atoms with Gasteiger partial charge in [-0.3, -0.25) is 4.98 Å². The van der Waals surface area contributed by atoms with E-state index in [1.165, 1.54) is 0 Å². The number of benzene rings is 1. The van der Waals surface area contributed by atoms with Crippen LogP contribution in [0.15, 0.2) is 65.4 Å². The zero-order chi connectivity index (χ0) is 17.5. The molecule has 2 heterocycles. The van der Waals surface area contributed by atoms with Gasteiger partial charge in [0, 0.05) is 18.3 Å². The van der Waals surface area contributed by atoms with Crippen LogP contribution >= 0.6 is 0 Å². The van der Waals surface area contributed by atoms with Gasteiger partial charge in [0.05, 0.1) is 18.6 Å². The fourth-order valence-corrected chi connectivity index (χ4v) is 2.41. The van der Waals surface area contributed by atoms with Crippen molar-refractivity contribution < 1.29 is 13.9 Å². The van der Waals surface area contributed by atoms with Gasteiger partial charge in [0.1, 0.15) is 11.4 Å². The first kappa shape index (κ1) is 16.6.